The first-order valence-corrected chi connectivity index (χ1v) is 25.5. The summed E-state index contributed by atoms with van der Waals surface area (Å²) in [6.45, 7) is 4.41. The number of carbonyl (C=O) groups excluding carboxylic acids is 1. The van der Waals surface area contributed by atoms with Gasteiger partial charge < -0.3 is 39.4 Å². The van der Waals surface area contributed by atoms with Crippen molar-refractivity contribution in [2.75, 3.05) is 26.4 Å². The van der Waals surface area contributed by atoms with Crippen molar-refractivity contribution in [2.24, 2.45) is 0 Å². The molecule has 6 atom stereocenters. The molecule has 0 amide bonds. The zero-order chi connectivity index (χ0) is 45.7. The van der Waals surface area contributed by atoms with Gasteiger partial charge in [-0.2, -0.15) is 0 Å². The van der Waals surface area contributed by atoms with Crippen LogP contribution >= 0.6 is 0 Å². The summed E-state index contributed by atoms with van der Waals surface area (Å²) in [5, 5.41) is 40.2. The predicted molar refractivity (Wildman–Crippen MR) is 260 cm³/mol. The number of hydrogen-bond acceptors (Lipinski definition) is 9. The van der Waals surface area contributed by atoms with Crippen LogP contribution in [0.15, 0.2) is 72.9 Å². The number of carbonyl (C=O) groups is 1. The summed E-state index contributed by atoms with van der Waals surface area (Å²) in [6.07, 6.45) is 52.1. The summed E-state index contributed by atoms with van der Waals surface area (Å²) in [5.74, 6) is -0.325. The van der Waals surface area contributed by atoms with Crippen molar-refractivity contribution in [3.05, 3.63) is 72.9 Å². The van der Waals surface area contributed by atoms with Crippen molar-refractivity contribution >= 4 is 5.97 Å². The van der Waals surface area contributed by atoms with E-state index >= 15 is 0 Å². The Labute approximate surface area is 385 Å². The number of hydrogen-bond donors (Lipinski definition) is 4. The van der Waals surface area contributed by atoms with Crippen LogP contribution in [0, 0.1) is 0 Å². The minimum absolute atomic E-state index is 0.122. The van der Waals surface area contributed by atoms with Crippen LogP contribution in [0.25, 0.3) is 0 Å². The zero-order valence-corrected chi connectivity index (χ0v) is 40.1. The van der Waals surface area contributed by atoms with Gasteiger partial charge >= 0.3 is 5.97 Å². The molecule has 0 aromatic carbocycles. The second kappa shape index (κ2) is 44.8. The SMILES string of the molecule is CC/C=C\C/C=C\C/C=C\C/C=C\CCCCCCCCCCCOCC(COC1OC(CO)C(O)C(O)C1O)OC(=O)CCCCCCCCC/C=C\C/C=C\CCCCCC. The third kappa shape index (κ3) is 35.6. The lowest BCUT2D eigenvalue weighted by Gasteiger charge is -2.39. The number of rotatable bonds is 43. The van der Waals surface area contributed by atoms with Crippen LogP contribution in [-0.4, -0.2) is 89.6 Å². The molecule has 6 unspecified atom stereocenters. The minimum Gasteiger partial charge on any atom is -0.457 e. The molecule has 1 heterocycles. The number of aliphatic hydroxyl groups excluding tert-OH is 4. The maximum atomic E-state index is 12.8. The largest absolute Gasteiger partial charge is 0.457 e. The Kier molecular flexibility index (Phi) is 41.7. The van der Waals surface area contributed by atoms with E-state index in [1.165, 1.54) is 96.3 Å². The van der Waals surface area contributed by atoms with E-state index in [9.17, 15) is 25.2 Å². The lowest BCUT2D eigenvalue weighted by molar-refractivity contribution is -0.305. The molecule has 0 aliphatic carbocycles. The molecule has 1 aliphatic rings. The van der Waals surface area contributed by atoms with Crippen LogP contribution in [-0.2, 0) is 23.7 Å². The monoisotopic (exact) mass is 887 g/mol. The maximum Gasteiger partial charge on any atom is 0.306 e. The molecular formula is C54H94O9. The van der Waals surface area contributed by atoms with Gasteiger partial charge in [-0.3, -0.25) is 4.79 Å². The van der Waals surface area contributed by atoms with E-state index in [1.54, 1.807) is 0 Å². The summed E-state index contributed by atoms with van der Waals surface area (Å²) in [7, 11) is 0. The molecule has 1 saturated heterocycles. The Morgan fingerprint density at radius 2 is 0.968 bits per heavy atom. The van der Waals surface area contributed by atoms with Crippen molar-refractivity contribution in [2.45, 2.75) is 237 Å². The highest BCUT2D eigenvalue weighted by atomic mass is 16.7. The topological polar surface area (TPSA) is 135 Å². The summed E-state index contributed by atoms with van der Waals surface area (Å²) >= 11 is 0. The van der Waals surface area contributed by atoms with Gasteiger partial charge in [-0.05, 0) is 83.5 Å². The third-order valence-electron chi connectivity index (χ3n) is 11.4. The van der Waals surface area contributed by atoms with E-state index in [2.05, 4.69) is 86.8 Å². The highest BCUT2D eigenvalue weighted by Crippen LogP contribution is 2.23. The van der Waals surface area contributed by atoms with Crippen molar-refractivity contribution in [1.29, 1.82) is 0 Å². The molecule has 63 heavy (non-hydrogen) atoms. The van der Waals surface area contributed by atoms with Gasteiger partial charge in [-0.1, -0.05) is 183 Å². The molecule has 0 radical (unpaired) electrons. The number of aliphatic hydroxyl groups is 4. The van der Waals surface area contributed by atoms with E-state index in [0.717, 1.165) is 83.5 Å². The van der Waals surface area contributed by atoms with Gasteiger partial charge in [0.2, 0.25) is 0 Å². The molecule has 364 valence electrons. The molecule has 0 spiro atoms. The highest BCUT2D eigenvalue weighted by molar-refractivity contribution is 5.69. The van der Waals surface area contributed by atoms with Crippen molar-refractivity contribution in [3.8, 4) is 0 Å². The molecular weight excluding hydrogens is 793 g/mol. The Morgan fingerprint density at radius 3 is 1.46 bits per heavy atom. The fraction of sp³-hybridized carbons (Fsp3) is 0.759. The quantitative estimate of drug-likeness (QED) is 0.0268. The molecule has 0 aromatic heterocycles. The van der Waals surface area contributed by atoms with Crippen LogP contribution in [0.4, 0.5) is 0 Å². The first-order chi connectivity index (χ1) is 30.9. The fourth-order valence-corrected chi connectivity index (χ4v) is 7.40. The first-order valence-electron chi connectivity index (χ1n) is 25.5. The average Bonchev–Trinajstić information content (AvgIpc) is 3.28. The highest BCUT2D eigenvalue weighted by Gasteiger charge is 2.44. The molecule has 1 rings (SSSR count). The van der Waals surface area contributed by atoms with E-state index in [0.29, 0.717) is 13.0 Å². The molecule has 1 aliphatic heterocycles. The second-order valence-corrected chi connectivity index (χ2v) is 17.2. The Morgan fingerprint density at radius 1 is 0.524 bits per heavy atom. The molecule has 0 saturated carbocycles. The number of unbranched alkanes of at least 4 members (excludes halogenated alkanes) is 20. The Balaban J connectivity index is 2.22. The fourth-order valence-electron chi connectivity index (χ4n) is 7.40. The van der Waals surface area contributed by atoms with Gasteiger partial charge in [0.15, 0.2) is 6.29 Å². The van der Waals surface area contributed by atoms with Crippen molar-refractivity contribution < 1.29 is 44.2 Å². The molecule has 9 heteroatoms. The van der Waals surface area contributed by atoms with E-state index in [4.69, 9.17) is 18.9 Å². The Hall–Kier alpha value is -2.37. The zero-order valence-electron chi connectivity index (χ0n) is 40.1. The van der Waals surface area contributed by atoms with E-state index in [1.807, 2.05) is 0 Å². The predicted octanol–water partition coefficient (Wildman–Crippen LogP) is 12.4. The molecule has 1 fully saturated rings. The summed E-state index contributed by atoms with van der Waals surface area (Å²) in [6, 6.07) is 0. The van der Waals surface area contributed by atoms with Gasteiger partial charge in [0.25, 0.3) is 0 Å². The van der Waals surface area contributed by atoms with Gasteiger partial charge in [-0.25, -0.2) is 0 Å². The van der Waals surface area contributed by atoms with Crippen LogP contribution < -0.4 is 0 Å². The smallest absolute Gasteiger partial charge is 0.306 e. The molecule has 4 N–H and O–H groups in total. The summed E-state index contributed by atoms with van der Waals surface area (Å²) in [4.78, 5) is 12.8. The van der Waals surface area contributed by atoms with Crippen LogP contribution in [0.5, 0.6) is 0 Å². The van der Waals surface area contributed by atoms with Crippen molar-refractivity contribution in [3.63, 3.8) is 0 Å². The van der Waals surface area contributed by atoms with E-state index in [-0.39, 0.29) is 19.2 Å². The van der Waals surface area contributed by atoms with Crippen LogP contribution in [0.2, 0.25) is 0 Å². The number of esters is 1. The summed E-state index contributed by atoms with van der Waals surface area (Å²) < 4.78 is 22.9. The van der Waals surface area contributed by atoms with Gasteiger partial charge in [0.05, 0.1) is 19.8 Å². The average molecular weight is 887 g/mol. The van der Waals surface area contributed by atoms with Gasteiger partial charge in [0.1, 0.15) is 30.5 Å². The van der Waals surface area contributed by atoms with Crippen LogP contribution in [0.1, 0.15) is 200 Å². The minimum atomic E-state index is -1.54. The molecule has 0 bridgehead atoms. The van der Waals surface area contributed by atoms with Gasteiger partial charge in [0, 0.05) is 13.0 Å². The normalized spacial score (nSPS) is 20.3. The summed E-state index contributed by atoms with van der Waals surface area (Å²) in [5.41, 5.74) is 0. The van der Waals surface area contributed by atoms with Crippen molar-refractivity contribution in [1.82, 2.24) is 0 Å². The second-order valence-electron chi connectivity index (χ2n) is 17.2. The third-order valence-corrected chi connectivity index (χ3v) is 11.4. The Bertz CT molecular complexity index is 1190. The standard InChI is InChI=1S/C54H94O9/c1-3-5-7-9-11-13-15-17-19-21-23-24-25-26-28-30-32-34-36-38-40-42-44-60-46-48(47-61-54-53(59)52(58)51(57)49(45-55)63-54)62-50(56)43-41-39-37-35-33-31-29-27-22-20-18-16-14-12-10-8-6-4-2/h5,7,11,13-14,16-17,19-20,22-24,48-49,51-55,57-59H,3-4,6,8-10,12,15,18,21,25-47H2,1-2H3/b7-5-,13-11-,16-14-,19-17-,22-20-,24-23-. The number of allylic oxidation sites excluding steroid dienone is 12. The number of ether oxygens (including phenoxy) is 4. The lowest BCUT2D eigenvalue weighted by atomic mass is 9.99. The first kappa shape index (κ1) is 58.6. The van der Waals surface area contributed by atoms with E-state index < -0.39 is 43.4 Å². The van der Waals surface area contributed by atoms with Gasteiger partial charge in [-0.15, -0.1) is 0 Å². The maximum absolute atomic E-state index is 12.8. The molecule has 0 aromatic rings. The molecule has 9 nitrogen and oxygen atoms in total. The lowest BCUT2D eigenvalue weighted by Crippen LogP contribution is -2.59. The van der Waals surface area contributed by atoms with Crippen LogP contribution in [0.3, 0.4) is 0 Å².